The zero-order valence-corrected chi connectivity index (χ0v) is 10.8. The number of allylic oxidation sites excluding steroid dienone is 2. The van der Waals surface area contributed by atoms with Crippen LogP contribution in [0.4, 0.5) is 0 Å². The Hall–Kier alpha value is -0.990. The van der Waals surface area contributed by atoms with Crippen molar-refractivity contribution in [3.8, 4) is 0 Å². The van der Waals surface area contributed by atoms with E-state index in [-0.39, 0.29) is 5.97 Å². The van der Waals surface area contributed by atoms with E-state index in [4.69, 9.17) is 4.74 Å². The Morgan fingerprint density at radius 3 is 2.88 bits per heavy atom. The normalized spacial score (nSPS) is 24.6. The van der Waals surface area contributed by atoms with Crippen molar-refractivity contribution in [1.82, 2.24) is 4.90 Å². The summed E-state index contributed by atoms with van der Waals surface area (Å²) in [5.41, 5.74) is 1.51. The molecule has 3 nitrogen and oxygen atoms in total. The zero-order valence-electron chi connectivity index (χ0n) is 10.8. The van der Waals surface area contributed by atoms with Gasteiger partial charge in [0.1, 0.15) is 0 Å². The first-order valence-electron chi connectivity index (χ1n) is 6.83. The molecule has 1 fully saturated rings. The fourth-order valence-electron chi connectivity index (χ4n) is 2.98. The van der Waals surface area contributed by atoms with E-state index in [0.29, 0.717) is 12.3 Å². The molecule has 0 spiro atoms. The molecule has 0 radical (unpaired) electrons. The van der Waals surface area contributed by atoms with Crippen molar-refractivity contribution in [2.75, 3.05) is 20.2 Å². The standard InChI is InChI=1S/C14H23NO2/c1-17-14(16)9-8-12-6-2-3-7-13(12)15-10-4-5-11-15/h7,12H,2-6,8-11H2,1H3. The van der Waals surface area contributed by atoms with Crippen molar-refractivity contribution < 1.29 is 9.53 Å². The molecule has 1 atom stereocenters. The lowest BCUT2D eigenvalue weighted by Gasteiger charge is -2.31. The minimum atomic E-state index is -0.0728. The van der Waals surface area contributed by atoms with E-state index in [9.17, 15) is 4.79 Å². The summed E-state index contributed by atoms with van der Waals surface area (Å²) in [5, 5.41) is 0. The molecule has 2 rings (SSSR count). The number of methoxy groups -OCH3 is 1. The predicted octanol–water partition coefficient (Wildman–Crippen LogP) is 2.72. The first-order valence-corrected chi connectivity index (χ1v) is 6.83. The van der Waals surface area contributed by atoms with E-state index >= 15 is 0 Å². The van der Waals surface area contributed by atoms with Crippen molar-refractivity contribution in [2.24, 2.45) is 5.92 Å². The maximum absolute atomic E-state index is 11.2. The summed E-state index contributed by atoms with van der Waals surface area (Å²) in [7, 11) is 1.47. The van der Waals surface area contributed by atoms with Gasteiger partial charge in [-0.25, -0.2) is 0 Å². The third kappa shape index (κ3) is 3.24. The molecule has 3 heteroatoms. The summed E-state index contributed by atoms with van der Waals surface area (Å²) in [4.78, 5) is 13.8. The van der Waals surface area contributed by atoms with E-state index < -0.39 is 0 Å². The molecule has 0 bridgehead atoms. The van der Waals surface area contributed by atoms with Crippen LogP contribution in [0.1, 0.15) is 44.9 Å². The van der Waals surface area contributed by atoms with Gasteiger partial charge in [0, 0.05) is 25.2 Å². The first-order chi connectivity index (χ1) is 8.31. The number of carbonyl (C=O) groups excluding carboxylic acids is 1. The second-order valence-corrected chi connectivity index (χ2v) is 5.07. The molecule has 0 aromatic heterocycles. The number of ether oxygens (including phenoxy) is 1. The quantitative estimate of drug-likeness (QED) is 0.704. The lowest BCUT2D eigenvalue weighted by Crippen LogP contribution is -2.26. The van der Waals surface area contributed by atoms with Crippen LogP contribution in [0.25, 0.3) is 0 Å². The summed E-state index contributed by atoms with van der Waals surface area (Å²) in [6.45, 7) is 2.42. The van der Waals surface area contributed by atoms with Gasteiger partial charge in [-0.1, -0.05) is 6.08 Å². The van der Waals surface area contributed by atoms with Gasteiger partial charge in [-0.15, -0.1) is 0 Å². The first kappa shape index (κ1) is 12.5. The number of likely N-dealkylation sites (tertiary alicyclic amines) is 1. The van der Waals surface area contributed by atoms with Gasteiger partial charge in [0.25, 0.3) is 0 Å². The van der Waals surface area contributed by atoms with Crippen molar-refractivity contribution in [3.05, 3.63) is 11.8 Å². The molecule has 0 aromatic carbocycles. The number of carbonyl (C=O) groups is 1. The minimum absolute atomic E-state index is 0.0728. The van der Waals surface area contributed by atoms with Crippen molar-refractivity contribution >= 4 is 5.97 Å². The molecule has 96 valence electrons. The second-order valence-electron chi connectivity index (χ2n) is 5.07. The highest BCUT2D eigenvalue weighted by atomic mass is 16.5. The summed E-state index contributed by atoms with van der Waals surface area (Å²) >= 11 is 0. The number of hydrogen-bond donors (Lipinski definition) is 0. The van der Waals surface area contributed by atoms with Gasteiger partial charge in [-0.3, -0.25) is 4.79 Å². The summed E-state index contributed by atoms with van der Waals surface area (Å²) < 4.78 is 4.73. The molecule has 1 saturated heterocycles. The van der Waals surface area contributed by atoms with E-state index in [1.54, 1.807) is 0 Å². The Morgan fingerprint density at radius 1 is 1.41 bits per heavy atom. The fourth-order valence-corrected chi connectivity index (χ4v) is 2.98. The number of hydrogen-bond acceptors (Lipinski definition) is 3. The summed E-state index contributed by atoms with van der Waals surface area (Å²) in [6, 6.07) is 0. The average Bonchev–Trinajstić information content (AvgIpc) is 2.90. The predicted molar refractivity (Wildman–Crippen MR) is 67.5 cm³/mol. The third-order valence-electron chi connectivity index (χ3n) is 3.92. The van der Waals surface area contributed by atoms with Crippen LogP contribution in [0, 0.1) is 5.92 Å². The zero-order chi connectivity index (χ0) is 12.1. The van der Waals surface area contributed by atoms with Crippen LogP contribution in [0.5, 0.6) is 0 Å². The second kappa shape index (κ2) is 6.08. The molecule has 1 aliphatic heterocycles. The minimum Gasteiger partial charge on any atom is -0.469 e. The highest BCUT2D eigenvalue weighted by Gasteiger charge is 2.25. The summed E-state index contributed by atoms with van der Waals surface area (Å²) in [5.74, 6) is 0.511. The Morgan fingerprint density at radius 2 is 2.18 bits per heavy atom. The van der Waals surface area contributed by atoms with Crippen LogP contribution >= 0.6 is 0 Å². The molecule has 1 aliphatic carbocycles. The molecule has 0 N–H and O–H groups in total. The van der Waals surface area contributed by atoms with E-state index in [2.05, 4.69) is 11.0 Å². The largest absolute Gasteiger partial charge is 0.469 e. The molecular weight excluding hydrogens is 214 g/mol. The van der Waals surface area contributed by atoms with Crippen molar-refractivity contribution in [2.45, 2.75) is 44.9 Å². The van der Waals surface area contributed by atoms with Crippen LogP contribution < -0.4 is 0 Å². The molecular formula is C14H23NO2. The smallest absolute Gasteiger partial charge is 0.305 e. The van der Waals surface area contributed by atoms with Gasteiger partial charge in [-0.2, -0.15) is 0 Å². The highest BCUT2D eigenvalue weighted by molar-refractivity contribution is 5.69. The van der Waals surface area contributed by atoms with Crippen LogP contribution in [-0.2, 0) is 9.53 Å². The van der Waals surface area contributed by atoms with Gasteiger partial charge in [-0.05, 0) is 44.4 Å². The van der Waals surface area contributed by atoms with Gasteiger partial charge in [0.05, 0.1) is 7.11 Å². The number of esters is 1. The van der Waals surface area contributed by atoms with Crippen molar-refractivity contribution in [3.63, 3.8) is 0 Å². The van der Waals surface area contributed by atoms with E-state index in [0.717, 1.165) is 6.42 Å². The van der Waals surface area contributed by atoms with Gasteiger partial charge < -0.3 is 9.64 Å². The van der Waals surface area contributed by atoms with Gasteiger partial charge in [0.15, 0.2) is 0 Å². The Bertz CT molecular complexity index is 293. The SMILES string of the molecule is COC(=O)CCC1CCCC=C1N1CCCC1. The Balaban J connectivity index is 1.91. The number of nitrogens with zero attached hydrogens (tertiary/aromatic N) is 1. The van der Waals surface area contributed by atoms with Gasteiger partial charge >= 0.3 is 5.97 Å². The molecule has 0 saturated carbocycles. The highest BCUT2D eigenvalue weighted by Crippen LogP contribution is 2.32. The molecule has 0 amide bonds. The van der Waals surface area contributed by atoms with Crippen molar-refractivity contribution in [1.29, 1.82) is 0 Å². The molecule has 0 aromatic rings. The molecule has 17 heavy (non-hydrogen) atoms. The van der Waals surface area contributed by atoms with Crippen LogP contribution in [-0.4, -0.2) is 31.1 Å². The van der Waals surface area contributed by atoms with Crippen LogP contribution in [0.3, 0.4) is 0 Å². The van der Waals surface area contributed by atoms with Gasteiger partial charge in [0.2, 0.25) is 0 Å². The lowest BCUT2D eigenvalue weighted by molar-refractivity contribution is -0.140. The Kier molecular flexibility index (Phi) is 4.46. The van der Waals surface area contributed by atoms with Crippen LogP contribution in [0.2, 0.25) is 0 Å². The average molecular weight is 237 g/mol. The molecule has 1 unspecified atom stereocenters. The Labute approximate surface area is 104 Å². The maximum atomic E-state index is 11.2. The fraction of sp³-hybridized carbons (Fsp3) is 0.786. The monoisotopic (exact) mass is 237 g/mol. The summed E-state index contributed by atoms with van der Waals surface area (Å²) in [6.07, 6.45) is 10.3. The number of rotatable bonds is 4. The van der Waals surface area contributed by atoms with E-state index in [1.807, 2.05) is 0 Å². The molecule has 1 heterocycles. The van der Waals surface area contributed by atoms with E-state index in [1.165, 1.54) is 58.0 Å². The maximum Gasteiger partial charge on any atom is 0.305 e. The van der Waals surface area contributed by atoms with Crippen LogP contribution in [0.15, 0.2) is 11.8 Å². The lowest BCUT2D eigenvalue weighted by atomic mass is 9.88. The molecule has 2 aliphatic rings. The topological polar surface area (TPSA) is 29.5 Å². The third-order valence-corrected chi connectivity index (χ3v) is 3.92.